The highest BCUT2D eigenvalue weighted by Crippen LogP contribution is 2.16. The van der Waals surface area contributed by atoms with Gasteiger partial charge in [-0.25, -0.2) is 0 Å². The first-order valence-electron chi connectivity index (χ1n) is 32.4. The van der Waals surface area contributed by atoms with Crippen molar-refractivity contribution in [2.75, 3.05) is 13.2 Å². The van der Waals surface area contributed by atoms with Gasteiger partial charge in [0.2, 0.25) is 0 Å². The highest BCUT2D eigenvalue weighted by Gasteiger charge is 2.19. The number of carbonyl (C=O) groups excluding carboxylic acids is 3. The van der Waals surface area contributed by atoms with Crippen LogP contribution in [0.2, 0.25) is 0 Å². The Morgan fingerprint density at radius 2 is 0.506 bits per heavy atom. The lowest BCUT2D eigenvalue weighted by molar-refractivity contribution is -0.167. The molecule has 0 heterocycles. The highest BCUT2D eigenvalue weighted by atomic mass is 16.6. The fourth-order valence-electron chi connectivity index (χ4n) is 8.92. The first kappa shape index (κ1) is 73.1. The van der Waals surface area contributed by atoms with E-state index in [9.17, 15) is 14.4 Å². The molecule has 0 N–H and O–H groups in total. The van der Waals surface area contributed by atoms with Crippen LogP contribution < -0.4 is 0 Å². The lowest BCUT2D eigenvalue weighted by Crippen LogP contribution is -2.30. The van der Waals surface area contributed by atoms with E-state index in [0.29, 0.717) is 19.3 Å². The van der Waals surface area contributed by atoms with Crippen LogP contribution in [-0.4, -0.2) is 37.2 Å². The predicted octanol–water partition coefficient (Wildman–Crippen LogP) is 22.2. The zero-order valence-corrected chi connectivity index (χ0v) is 50.4. The summed E-state index contributed by atoms with van der Waals surface area (Å²) in [5, 5.41) is 0. The molecular weight excluding hydrogens is 949 g/mol. The Hall–Kier alpha value is -3.93. The number of carbonyl (C=O) groups is 3. The molecule has 0 radical (unpaired) electrons. The van der Waals surface area contributed by atoms with E-state index >= 15 is 0 Å². The van der Waals surface area contributed by atoms with E-state index in [1.807, 2.05) is 0 Å². The third kappa shape index (κ3) is 62.8. The van der Waals surface area contributed by atoms with E-state index < -0.39 is 6.10 Å². The van der Waals surface area contributed by atoms with Crippen molar-refractivity contribution in [2.24, 2.45) is 0 Å². The van der Waals surface area contributed by atoms with Crippen LogP contribution in [0.5, 0.6) is 0 Å². The van der Waals surface area contributed by atoms with Crippen molar-refractivity contribution in [3.63, 3.8) is 0 Å². The Morgan fingerprint density at radius 3 is 0.792 bits per heavy atom. The van der Waals surface area contributed by atoms with Gasteiger partial charge in [-0.2, -0.15) is 0 Å². The average molecular weight is 1070 g/mol. The van der Waals surface area contributed by atoms with E-state index in [4.69, 9.17) is 14.2 Å². The predicted molar refractivity (Wildman–Crippen MR) is 334 cm³/mol. The monoisotopic (exact) mass is 1070 g/mol. The Morgan fingerprint density at radius 1 is 0.273 bits per heavy atom. The van der Waals surface area contributed by atoms with Gasteiger partial charge in [0.05, 0.1) is 0 Å². The zero-order valence-electron chi connectivity index (χ0n) is 50.4. The van der Waals surface area contributed by atoms with Gasteiger partial charge in [-0.05, 0) is 109 Å². The van der Waals surface area contributed by atoms with E-state index in [2.05, 4.69) is 130 Å². The summed E-state index contributed by atoms with van der Waals surface area (Å²) in [6, 6.07) is 0. The fourth-order valence-corrected chi connectivity index (χ4v) is 8.92. The Labute approximate surface area is 476 Å². The minimum atomic E-state index is -0.785. The molecule has 6 nitrogen and oxygen atoms in total. The minimum absolute atomic E-state index is 0.0843. The normalized spacial score (nSPS) is 12.8. The molecule has 0 aliphatic rings. The molecule has 0 aliphatic heterocycles. The minimum Gasteiger partial charge on any atom is -0.462 e. The molecule has 0 spiro atoms. The molecule has 1 atom stereocenters. The molecule has 0 bridgehead atoms. The van der Waals surface area contributed by atoms with Crippen molar-refractivity contribution < 1.29 is 28.6 Å². The van der Waals surface area contributed by atoms with Crippen molar-refractivity contribution >= 4 is 17.9 Å². The topological polar surface area (TPSA) is 78.9 Å². The van der Waals surface area contributed by atoms with E-state index in [-0.39, 0.29) is 31.1 Å². The number of allylic oxidation sites excluding steroid dienone is 18. The largest absolute Gasteiger partial charge is 0.462 e. The molecule has 0 aromatic rings. The molecule has 0 saturated heterocycles. The van der Waals surface area contributed by atoms with Gasteiger partial charge in [0.1, 0.15) is 13.2 Å². The van der Waals surface area contributed by atoms with Gasteiger partial charge in [-0.1, -0.05) is 284 Å². The molecule has 0 aliphatic carbocycles. The Bertz CT molecular complexity index is 1560. The second-order valence-electron chi connectivity index (χ2n) is 21.3. The third-order valence-electron chi connectivity index (χ3n) is 13.8. The van der Waals surface area contributed by atoms with Gasteiger partial charge in [0.15, 0.2) is 6.10 Å². The first-order chi connectivity index (χ1) is 38.0. The third-order valence-corrected chi connectivity index (χ3v) is 13.8. The Kier molecular flexibility index (Phi) is 61.3. The van der Waals surface area contributed by atoms with Crippen molar-refractivity contribution in [1.82, 2.24) is 0 Å². The number of rotatable bonds is 58. The number of esters is 3. The van der Waals surface area contributed by atoms with Gasteiger partial charge in [-0.3, -0.25) is 14.4 Å². The van der Waals surface area contributed by atoms with Crippen LogP contribution in [0.15, 0.2) is 109 Å². The number of hydrogen-bond donors (Lipinski definition) is 0. The van der Waals surface area contributed by atoms with E-state index in [1.54, 1.807) is 0 Å². The molecule has 77 heavy (non-hydrogen) atoms. The number of ether oxygens (including phenoxy) is 3. The summed E-state index contributed by atoms with van der Waals surface area (Å²) >= 11 is 0. The molecule has 6 heteroatoms. The summed E-state index contributed by atoms with van der Waals surface area (Å²) in [7, 11) is 0. The van der Waals surface area contributed by atoms with Gasteiger partial charge >= 0.3 is 17.9 Å². The first-order valence-corrected chi connectivity index (χ1v) is 32.4. The molecule has 0 amide bonds. The molecule has 0 saturated carbocycles. The molecular formula is C71H120O6. The molecule has 1 unspecified atom stereocenters. The van der Waals surface area contributed by atoms with Crippen LogP contribution in [0.3, 0.4) is 0 Å². The highest BCUT2D eigenvalue weighted by molar-refractivity contribution is 5.71. The lowest BCUT2D eigenvalue weighted by atomic mass is 10.0. The summed E-state index contributed by atoms with van der Waals surface area (Å²) in [5.74, 6) is -0.909. The van der Waals surface area contributed by atoms with Crippen LogP contribution in [0.1, 0.15) is 303 Å². The smallest absolute Gasteiger partial charge is 0.306 e. The van der Waals surface area contributed by atoms with E-state index in [0.717, 1.165) is 128 Å². The van der Waals surface area contributed by atoms with Crippen LogP contribution >= 0.6 is 0 Å². The van der Waals surface area contributed by atoms with Crippen molar-refractivity contribution in [3.8, 4) is 0 Å². The van der Waals surface area contributed by atoms with Crippen molar-refractivity contribution in [1.29, 1.82) is 0 Å². The van der Waals surface area contributed by atoms with Crippen LogP contribution in [0.25, 0.3) is 0 Å². The maximum Gasteiger partial charge on any atom is 0.306 e. The zero-order chi connectivity index (χ0) is 55.7. The summed E-state index contributed by atoms with van der Waals surface area (Å²) < 4.78 is 16.8. The molecule has 440 valence electrons. The summed E-state index contributed by atoms with van der Waals surface area (Å²) in [6.07, 6.45) is 88.6. The van der Waals surface area contributed by atoms with Crippen LogP contribution in [-0.2, 0) is 28.6 Å². The quantitative estimate of drug-likeness (QED) is 0.0261. The maximum atomic E-state index is 12.8. The SMILES string of the molecule is CC/C=C\C/C=C\C/C=C\C/C=C\C/C=C\C/C=C\CCCCCCCCC(=O)OC(COC(=O)CCCCCCC)COC(=O)CCCCCCCCCCCCCCCC/C=C\C/C=C\C/C=C\CCCCCCC. The molecule has 0 aromatic heterocycles. The van der Waals surface area contributed by atoms with Crippen molar-refractivity contribution in [2.45, 2.75) is 309 Å². The standard InChI is InChI=1S/C71H120O6/c1-4-7-10-13-15-17-19-21-23-25-27-29-31-33-34-35-36-38-39-41-43-45-47-49-51-53-55-58-61-64-70(73)76-67-68(66-75-69(72)63-60-57-12-9-6-3)77-71(74)65-62-59-56-54-52-50-48-46-44-42-40-37-32-30-28-26-24-22-20-18-16-14-11-8-5-2/h8,11,16,18-19,21-22,24-25,27-28,30-31,33,37,40,44,46,68H,4-7,9-10,12-15,17,20,23,26,29,32,34-36,38-39,41-43,45,47-67H2,1-3H3/b11-8-,18-16-,21-19-,24-22-,27-25-,30-28-,33-31-,40-37-,46-44-. The Balaban J connectivity index is 4.07. The van der Waals surface area contributed by atoms with Crippen LogP contribution in [0.4, 0.5) is 0 Å². The van der Waals surface area contributed by atoms with Gasteiger partial charge in [0.25, 0.3) is 0 Å². The van der Waals surface area contributed by atoms with Gasteiger partial charge in [-0.15, -0.1) is 0 Å². The molecule has 0 fully saturated rings. The number of hydrogen-bond acceptors (Lipinski definition) is 6. The van der Waals surface area contributed by atoms with Gasteiger partial charge in [0, 0.05) is 19.3 Å². The van der Waals surface area contributed by atoms with Crippen molar-refractivity contribution in [3.05, 3.63) is 109 Å². The second-order valence-corrected chi connectivity index (χ2v) is 21.3. The van der Waals surface area contributed by atoms with Crippen LogP contribution in [0, 0.1) is 0 Å². The fraction of sp³-hybridized carbons (Fsp3) is 0.704. The number of unbranched alkanes of at least 4 members (excludes halogenated alkanes) is 29. The summed E-state index contributed by atoms with van der Waals surface area (Å²) in [4.78, 5) is 37.9. The summed E-state index contributed by atoms with van der Waals surface area (Å²) in [5.41, 5.74) is 0. The second kappa shape index (κ2) is 64.6. The molecule has 0 aromatic carbocycles. The summed E-state index contributed by atoms with van der Waals surface area (Å²) in [6.45, 7) is 6.43. The van der Waals surface area contributed by atoms with Gasteiger partial charge < -0.3 is 14.2 Å². The average Bonchev–Trinajstić information content (AvgIpc) is 3.43. The lowest BCUT2D eigenvalue weighted by Gasteiger charge is -2.18. The maximum absolute atomic E-state index is 12.8. The van der Waals surface area contributed by atoms with E-state index in [1.165, 1.54) is 135 Å². The molecule has 0 rings (SSSR count).